The Balaban J connectivity index is 2.54. The van der Waals surface area contributed by atoms with Gasteiger partial charge in [-0.25, -0.2) is 0 Å². The van der Waals surface area contributed by atoms with Crippen LogP contribution in [0, 0.1) is 5.92 Å². The zero-order chi connectivity index (χ0) is 6.20. The molecule has 2 atom stereocenters. The Morgan fingerprint density at radius 2 is 2.25 bits per heavy atom. The van der Waals surface area contributed by atoms with Gasteiger partial charge in [0.25, 0.3) is 0 Å². The third-order valence-electron chi connectivity index (χ3n) is 1.77. The molecule has 0 aromatic carbocycles. The fourth-order valence-corrected chi connectivity index (χ4v) is 0.859. The normalized spacial score (nSPS) is 43.4. The molecule has 1 fully saturated rings. The number of hydrogen-bond donors (Lipinski definition) is 1. The molecular weight excluding hydrogens is 98.1 g/mol. The monoisotopic (exact) mass is 109 g/mol. The van der Waals surface area contributed by atoms with Gasteiger partial charge in [-0.2, -0.15) is 0 Å². The summed E-state index contributed by atoms with van der Waals surface area (Å²) in [6.45, 7) is 7.26. The summed E-state index contributed by atoms with van der Waals surface area (Å²) in [5.41, 5.74) is 5.62. The first-order valence-corrected chi connectivity index (χ1v) is 2.78. The topological polar surface area (TPSA) is 26.0 Å². The lowest BCUT2D eigenvalue weighted by molar-refractivity contribution is 0.802. The maximum Gasteiger partial charge on any atom is 0.0407 e. The van der Waals surface area contributed by atoms with Crippen molar-refractivity contribution in [1.82, 2.24) is 0 Å². The summed E-state index contributed by atoms with van der Waals surface area (Å²) in [5, 5.41) is 0. The largest absolute Gasteiger partial charge is 0.321 e. The highest BCUT2D eigenvalue weighted by Crippen LogP contribution is 2.42. The van der Waals surface area contributed by atoms with Crippen molar-refractivity contribution >= 4 is 0 Å². The van der Waals surface area contributed by atoms with E-state index < -0.39 is 0 Å². The van der Waals surface area contributed by atoms with E-state index in [0.29, 0.717) is 5.92 Å². The molecule has 1 nitrogen and oxygen atoms in total. The van der Waals surface area contributed by atoms with Crippen LogP contribution in [0.15, 0.2) is 25.3 Å². The van der Waals surface area contributed by atoms with Crippen LogP contribution in [0.4, 0.5) is 0 Å². The highest BCUT2D eigenvalue weighted by Gasteiger charge is 2.45. The van der Waals surface area contributed by atoms with E-state index in [-0.39, 0.29) is 5.54 Å². The van der Waals surface area contributed by atoms with Gasteiger partial charge in [-0.15, -0.1) is 13.2 Å². The van der Waals surface area contributed by atoms with Gasteiger partial charge in [-0.1, -0.05) is 12.2 Å². The summed E-state index contributed by atoms with van der Waals surface area (Å²) in [6.07, 6.45) is 4.72. The Hall–Kier alpha value is -0.560. The molecule has 1 aliphatic carbocycles. The van der Waals surface area contributed by atoms with Crippen LogP contribution < -0.4 is 5.73 Å². The smallest absolute Gasteiger partial charge is 0.0407 e. The molecule has 1 rings (SSSR count). The summed E-state index contributed by atoms with van der Waals surface area (Å²) in [6, 6.07) is 0. The Labute approximate surface area is 49.9 Å². The number of hydrogen-bond acceptors (Lipinski definition) is 1. The summed E-state index contributed by atoms with van der Waals surface area (Å²) in [5.74, 6) is 0.486. The van der Waals surface area contributed by atoms with Crippen molar-refractivity contribution in [3.8, 4) is 0 Å². The maximum atomic E-state index is 5.71. The lowest BCUT2D eigenvalue weighted by Gasteiger charge is -1.97. The van der Waals surface area contributed by atoms with Gasteiger partial charge in [0.1, 0.15) is 0 Å². The SMILES string of the molecule is C=C[C@@H]1C[C@]1(N)C=C. The molecule has 0 amide bonds. The van der Waals surface area contributed by atoms with E-state index in [2.05, 4.69) is 13.2 Å². The zero-order valence-electron chi connectivity index (χ0n) is 4.93. The van der Waals surface area contributed by atoms with Gasteiger partial charge < -0.3 is 5.73 Å². The van der Waals surface area contributed by atoms with Gasteiger partial charge in [-0.3, -0.25) is 0 Å². The van der Waals surface area contributed by atoms with Crippen LogP contribution >= 0.6 is 0 Å². The van der Waals surface area contributed by atoms with E-state index in [9.17, 15) is 0 Å². The Kier molecular flexibility index (Phi) is 1.01. The molecular formula is C7H11N. The first kappa shape index (κ1) is 5.57. The highest BCUT2D eigenvalue weighted by molar-refractivity contribution is 5.23. The summed E-state index contributed by atoms with van der Waals surface area (Å²) in [7, 11) is 0. The maximum absolute atomic E-state index is 5.71. The third kappa shape index (κ3) is 0.594. The zero-order valence-corrected chi connectivity index (χ0v) is 4.93. The van der Waals surface area contributed by atoms with Crippen LogP contribution in [0.2, 0.25) is 0 Å². The fourth-order valence-electron chi connectivity index (χ4n) is 0.859. The minimum absolute atomic E-state index is 0.0955. The molecule has 1 aliphatic rings. The van der Waals surface area contributed by atoms with Crippen LogP contribution in [0.25, 0.3) is 0 Å². The van der Waals surface area contributed by atoms with Gasteiger partial charge in [0.05, 0.1) is 0 Å². The lowest BCUT2D eigenvalue weighted by atomic mass is 10.2. The van der Waals surface area contributed by atoms with Crippen LogP contribution in [-0.4, -0.2) is 5.54 Å². The van der Waals surface area contributed by atoms with Crippen LogP contribution in [0.3, 0.4) is 0 Å². The first-order chi connectivity index (χ1) is 3.73. The molecule has 44 valence electrons. The molecule has 8 heavy (non-hydrogen) atoms. The average Bonchev–Trinajstić information content (AvgIpc) is 2.44. The molecule has 1 heteroatoms. The molecule has 0 radical (unpaired) electrons. The molecule has 0 bridgehead atoms. The second-order valence-electron chi connectivity index (χ2n) is 2.36. The van der Waals surface area contributed by atoms with Crippen LogP contribution in [0.1, 0.15) is 6.42 Å². The average molecular weight is 109 g/mol. The molecule has 0 saturated heterocycles. The molecule has 1 saturated carbocycles. The second-order valence-corrected chi connectivity index (χ2v) is 2.36. The van der Waals surface area contributed by atoms with E-state index in [4.69, 9.17) is 5.73 Å². The second kappa shape index (κ2) is 1.46. The van der Waals surface area contributed by atoms with Gasteiger partial charge >= 0.3 is 0 Å². The number of rotatable bonds is 2. The Morgan fingerprint density at radius 3 is 2.38 bits per heavy atom. The van der Waals surface area contributed by atoms with E-state index >= 15 is 0 Å². The molecule has 2 N–H and O–H groups in total. The molecule has 0 aromatic rings. The van der Waals surface area contributed by atoms with Gasteiger partial charge in [-0.05, 0) is 6.42 Å². The van der Waals surface area contributed by atoms with Gasteiger partial charge in [0, 0.05) is 11.5 Å². The van der Waals surface area contributed by atoms with Crippen molar-refractivity contribution in [2.45, 2.75) is 12.0 Å². The van der Waals surface area contributed by atoms with Gasteiger partial charge in [0.2, 0.25) is 0 Å². The lowest BCUT2D eigenvalue weighted by Crippen LogP contribution is -2.20. The van der Waals surface area contributed by atoms with E-state index in [0.717, 1.165) is 6.42 Å². The molecule has 0 aliphatic heterocycles. The standard InChI is InChI=1S/C7H11N/c1-3-6-5-7(6,8)4-2/h3-4,6H,1-2,5,8H2/t6-,7-/m1/s1. The van der Waals surface area contributed by atoms with Gasteiger partial charge in [0.15, 0.2) is 0 Å². The first-order valence-electron chi connectivity index (χ1n) is 2.78. The predicted molar refractivity (Wildman–Crippen MR) is 35.4 cm³/mol. The van der Waals surface area contributed by atoms with Crippen molar-refractivity contribution < 1.29 is 0 Å². The molecule has 0 spiro atoms. The van der Waals surface area contributed by atoms with Crippen molar-refractivity contribution in [3.05, 3.63) is 25.3 Å². The molecule has 0 unspecified atom stereocenters. The highest BCUT2D eigenvalue weighted by atomic mass is 14.8. The minimum Gasteiger partial charge on any atom is -0.321 e. The Morgan fingerprint density at radius 1 is 1.62 bits per heavy atom. The summed E-state index contributed by atoms with van der Waals surface area (Å²) < 4.78 is 0. The summed E-state index contributed by atoms with van der Waals surface area (Å²) >= 11 is 0. The van der Waals surface area contributed by atoms with Crippen molar-refractivity contribution in [1.29, 1.82) is 0 Å². The third-order valence-corrected chi connectivity index (χ3v) is 1.77. The minimum atomic E-state index is -0.0955. The van der Waals surface area contributed by atoms with E-state index in [1.165, 1.54) is 0 Å². The van der Waals surface area contributed by atoms with Crippen molar-refractivity contribution in [2.75, 3.05) is 0 Å². The summed E-state index contributed by atoms with van der Waals surface area (Å²) in [4.78, 5) is 0. The van der Waals surface area contributed by atoms with E-state index in [1.807, 2.05) is 6.08 Å². The van der Waals surface area contributed by atoms with Crippen LogP contribution in [0.5, 0.6) is 0 Å². The molecule has 0 heterocycles. The number of nitrogens with two attached hydrogens (primary N) is 1. The predicted octanol–water partition coefficient (Wildman–Crippen LogP) is 1.08. The quantitative estimate of drug-likeness (QED) is 0.527. The fraction of sp³-hybridized carbons (Fsp3) is 0.429. The molecule has 0 aromatic heterocycles. The van der Waals surface area contributed by atoms with Crippen molar-refractivity contribution in [3.63, 3.8) is 0 Å². The van der Waals surface area contributed by atoms with Crippen LogP contribution in [-0.2, 0) is 0 Å². The van der Waals surface area contributed by atoms with Crippen molar-refractivity contribution in [2.24, 2.45) is 11.7 Å². The Bertz CT molecular complexity index is 128. The van der Waals surface area contributed by atoms with E-state index in [1.54, 1.807) is 6.08 Å².